The van der Waals surface area contributed by atoms with Crippen molar-refractivity contribution >= 4 is 44.9 Å². The number of anilines is 2. The molecule has 2 fully saturated rings. The zero-order chi connectivity index (χ0) is 26.8. The molecule has 0 aliphatic carbocycles. The lowest BCUT2D eigenvalue weighted by Crippen LogP contribution is -2.41. The molecule has 2 aromatic heterocycles. The number of carbonyl (C=O) groups is 2. The summed E-state index contributed by atoms with van der Waals surface area (Å²) in [6.07, 6.45) is 5.14. The smallest absolute Gasteiger partial charge is 0.257 e. The molecular formula is C28H35N5O4S. The summed E-state index contributed by atoms with van der Waals surface area (Å²) >= 11 is 1.36. The number of hydrogen-bond acceptors (Lipinski definition) is 8. The first-order chi connectivity index (χ1) is 18.4. The largest absolute Gasteiger partial charge is 0.497 e. The zero-order valence-corrected chi connectivity index (χ0v) is 23.3. The van der Waals surface area contributed by atoms with Crippen LogP contribution in [0.15, 0.2) is 24.4 Å². The Kier molecular flexibility index (Phi) is 7.69. The number of likely N-dealkylation sites (tertiary alicyclic amines) is 1. The third-order valence-electron chi connectivity index (χ3n) is 7.75. The highest BCUT2D eigenvalue weighted by atomic mass is 32.1. The van der Waals surface area contributed by atoms with E-state index in [1.54, 1.807) is 38.6 Å². The molecule has 2 aliphatic heterocycles. The summed E-state index contributed by atoms with van der Waals surface area (Å²) in [5.41, 5.74) is 3.09. The van der Waals surface area contributed by atoms with Gasteiger partial charge < -0.3 is 24.6 Å². The number of benzene rings is 1. The highest BCUT2D eigenvalue weighted by Crippen LogP contribution is 2.37. The van der Waals surface area contributed by atoms with Gasteiger partial charge in [-0.15, -0.1) is 0 Å². The molecule has 0 unspecified atom stereocenters. The quantitative estimate of drug-likeness (QED) is 0.485. The van der Waals surface area contributed by atoms with Gasteiger partial charge in [0.15, 0.2) is 0 Å². The summed E-state index contributed by atoms with van der Waals surface area (Å²) in [4.78, 5) is 36.5. The predicted molar refractivity (Wildman–Crippen MR) is 150 cm³/mol. The molecule has 2 saturated heterocycles. The fraction of sp³-hybridized carbons (Fsp3) is 0.500. The van der Waals surface area contributed by atoms with E-state index >= 15 is 0 Å². The lowest BCUT2D eigenvalue weighted by atomic mass is 9.94. The van der Waals surface area contributed by atoms with Crippen LogP contribution < -0.4 is 19.7 Å². The van der Waals surface area contributed by atoms with Crippen molar-refractivity contribution in [3.63, 3.8) is 0 Å². The summed E-state index contributed by atoms with van der Waals surface area (Å²) in [6.45, 7) is 7.11. The van der Waals surface area contributed by atoms with Crippen molar-refractivity contribution in [1.82, 2.24) is 14.3 Å². The number of nitrogens with one attached hydrogen (secondary N) is 1. The molecule has 2 amide bonds. The molecule has 0 spiro atoms. The highest BCUT2D eigenvalue weighted by Gasteiger charge is 2.32. The molecule has 0 atom stereocenters. The highest BCUT2D eigenvalue weighted by molar-refractivity contribution is 7.13. The van der Waals surface area contributed by atoms with Crippen molar-refractivity contribution < 1.29 is 19.1 Å². The molecule has 1 aromatic carbocycles. The van der Waals surface area contributed by atoms with E-state index in [1.165, 1.54) is 11.5 Å². The van der Waals surface area contributed by atoms with Gasteiger partial charge in [0.2, 0.25) is 5.91 Å². The molecule has 10 heteroatoms. The molecule has 0 bridgehead atoms. The minimum atomic E-state index is -0.134. The van der Waals surface area contributed by atoms with Gasteiger partial charge in [-0.2, -0.15) is 4.37 Å². The van der Waals surface area contributed by atoms with E-state index in [4.69, 9.17) is 9.47 Å². The fourth-order valence-electron chi connectivity index (χ4n) is 5.39. The number of pyridine rings is 1. The number of carbonyl (C=O) groups excluding carboxylic acids is 2. The van der Waals surface area contributed by atoms with Gasteiger partial charge in [-0.05, 0) is 50.1 Å². The number of hydrogen-bond donors (Lipinski definition) is 1. The SMILES string of the molecule is COc1cc(NC(=O)C2CCN(c3c(C(=O)N4CCC(C)CC4)cnc4snc(C)c34)CC2)cc(OC)c1. The van der Waals surface area contributed by atoms with Crippen molar-refractivity contribution in [3.05, 3.63) is 35.7 Å². The number of piperidine rings is 2. The van der Waals surface area contributed by atoms with Gasteiger partial charge in [0.1, 0.15) is 16.3 Å². The van der Waals surface area contributed by atoms with Gasteiger partial charge in [0.05, 0.1) is 36.6 Å². The molecule has 0 saturated carbocycles. The minimum absolute atomic E-state index is 0.0213. The Bertz CT molecular complexity index is 1300. The first kappa shape index (κ1) is 26.2. The molecule has 1 N–H and O–H groups in total. The maximum absolute atomic E-state index is 13.7. The zero-order valence-electron chi connectivity index (χ0n) is 22.5. The van der Waals surface area contributed by atoms with E-state index in [1.807, 2.05) is 11.8 Å². The van der Waals surface area contributed by atoms with Crippen LogP contribution in [0.4, 0.5) is 11.4 Å². The predicted octanol–water partition coefficient (Wildman–Crippen LogP) is 4.74. The van der Waals surface area contributed by atoms with Crippen LogP contribution in [-0.2, 0) is 4.79 Å². The minimum Gasteiger partial charge on any atom is -0.497 e. The van der Waals surface area contributed by atoms with E-state index in [9.17, 15) is 9.59 Å². The van der Waals surface area contributed by atoms with Crippen molar-refractivity contribution in [2.45, 2.75) is 39.5 Å². The summed E-state index contributed by atoms with van der Waals surface area (Å²) in [7, 11) is 3.17. The van der Waals surface area contributed by atoms with Gasteiger partial charge in [-0.1, -0.05) is 6.92 Å². The van der Waals surface area contributed by atoms with E-state index in [0.717, 1.165) is 47.5 Å². The molecule has 38 heavy (non-hydrogen) atoms. The summed E-state index contributed by atoms with van der Waals surface area (Å²) in [6, 6.07) is 5.35. The lowest BCUT2D eigenvalue weighted by Gasteiger charge is -2.36. The second-order valence-electron chi connectivity index (χ2n) is 10.3. The van der Waals surface area contributed by atoms with Crippen molar-refractivity contribution in [3.8, 4) is 11.5 Å². The summed E-state index contributed by atoms with van der Waals surface area (Å²) < 4.78 is 15.2. The van der Waals surface area contributed by atoms with Crippen LogP contribution in [0.25, 0.3) is 10.2 Å². The van der Waals surface area contributed by atoms with Gasteiger partial charge in [0, 0.05) is 62.2 Å². The molecule has 202 valence electrons. The fourth-order valence-corrected chi connectivity index (χ4v) is 6.14. The third-order valence-corrected chi connectivity index (χ3v) is 8.60. The van der Waals surface area contributed by atoms with Crippen LogP contribution in [0, 0.1) is 18.8 Å². The van der Waals surface area contributed by atoms with Crippen molar-refractivity contribution in [2.75, 3.05) is 50.6 Å². The molecule has 4 heterocycles. The average molecular weight is 538 g/mol. The molecular weight excluding hydrogens is 502 g/mol. The standard InChI is InChI=1S/C28H35N5O4S/c1-17-5-9-33(10-6-17)28(35)23-16-29-27-24(18(2)31-38-27)25(23)32-11-7-19(8-12-32)26(34)30-20-13-21(36-3)15-22(14-20)37-4/h13-17,19H,5-12H2,1-4H3,(H,30,34). The van der Waals surface area contributed by atoms with Crippen molar-refractivity contribution in [1.29, 1.82) is 0 Å². The Balaban J connectivity index is 1.34. The molecule has 9 nitrogen and oxygen atoms in total. The molecule has 0 radical (unpaired) electrons. The van der Waals surface area contributed by atoms with Crippen LogP contribution in [0.2, 0.25) is 0 Å². The maximum Gasteiger partial charge on any atom is 0.257 e. The first-order valence-corrected chi connectivity index (χ1v) is 14.0. The first-order valence-electron chi connectivity index (χ1n) is 13.2. The van der Waals surface area contributed by atoms with Gasteiger partial charge in [-0.3, -0.25) is 9.59 Å². The van der Waals surface area contributed by atoms with Crippen molar-refractivity contribution in [2.24, 2.45) is 11.8 Å². The number of methoxy groups -OCH3 is 2. The molecule has 3 aromatic rings. The number of fused-ring (bicyclic) bond motifs is 1. The Hall–Kier alpha value is -3.40. The van der Waals surface area contributed by atoms with E-state index in [0.29, 0.717) is 54.6 Å². The van der Waals surface area contributed by atoms with E-state index < -0.39 is 0 Å². The second-order valence-corrected chi connectivity index (χ2v) is 11.0. The van der Waals surface area contributed by atoms with Crippen LogP contribution >= 0.6 is 11.5 Å². The summed E-state index contributed by atoms with van der Waals surface area (Å²) in [5, 5.41) is 3.99. The van der Waals surface area contributed by atoms with Gasteiger partial charge >= 0.3 is 0 Å². The maximum atomic E-state index is 13.7. The van der Waals surface area contributed by atoms with Gasteiger partial charge in [0.25, 0.3) is 5.91 Å². The van der Waals surface area contributed by atoms with Crippen LogP contribution in [0.3, 0.4) is 0 Å². The third kappa shape index (κ3) is 5.27. The Morgan fingerprint density at radius 3 is 2.29 bits per heavy atom. The Morgan fingerprint density at radius 1 is 1.00 bits per heavy atom. The lowest BCUT2D eigenvalue weighted by molar-refractivity contribution is -0.120. The Labute approximate surface area is 227 Å². The van der Waals surface area contributed by atoms with E-state index in [2.05, 4.69) is 26.5 Å². The normalized spacial score (nSPS) is 17.1. The number of rotatable bonds is 6. The monoisotopic (exact) mass is 537 g/mol. The summed E-state index contributed by atoms with van der Waals surface area (Å²) in [5.74, 6) is 1.77. The number of aryl methyl sites for hydroxylation is 1. The Morgan fingerprint density at radius 2 is 1.66 bits per heavy atom. The number of ether oxygens (including phenoxy) is 2. The average Bonchev–Trinajstić information content (AvgIpc) is 3.33. The molecule has 5 rings (SSSR count). The topological polar surface area (TPSA) is 96.9 Å². The molecule has 2 aliphatic rings. The van der Waals surface area contributed by atoms with Gasteiger partial charge in [-0.25, -0.2) is 4.98 Å². The second kappa shape index (κ2) is 11.1. The number of aromatic nitrogens is 2. The number of amides is 2. The van der Waals surface area contributed by atoms with Crippen LogP contribution in [0.5, 0.6) is 11.5 Å². The van der Waals surface area contributed by atoms with Crippen LogP contribution in [0.1, 0.15) is 48.7 Å². The number of nitrogens with zero attached hydrogens (tertiary/aromatic N) is 4. The van der Waals surface area contributed by atoms with E-state index in [-0.39, 0.29) is 17.7 Å². The van der Waals surface area contributed by atoms with Crippen LogP contribution in [-0.4, -0.2) is 66.5 Å².